The van der Waals surface area contributed by atoms with Crippen LogP contribution in [0.25, 0.3) is 0 Å². The molecule has 0 aliphatic heterocycles. The second-order valence-corrected chi connectivity index (χ2v) is 16.1. The molecule has 40 heavy (non-hydrogen) atoms. The van der Waals surface area contributed by atoms with E-state index in [9.17, 15) is 26.3 Å². The first-order chi connectivity index (χ1) is 18.7. The van der Waals surface area contributed by atoms with Gasteiger partial charge >= 0.3 is 0 Å². The highest BCUT2D eigenvalue weighted by Gasteiger charge is 2.58. The summed E-state index contributed by atoms with van der Waals surface area (Å²) in [5.74, 6) is -29.0. The molecule has 0 bridgehead atoms. The SMILES string of the molecule is Fc1c(F)c(F)c(C2C(c3cc(Br)sc3Br)C(c3c(F)c(F)c(F)c(F)c3F)C2c2cc(Br)sc2Br)c(F)c1F. The van der Waals surface area contributed by atoms with Crippen molar-refractivity contribution in [2.75, 3.05) is 0 Å². The standard InChI is InChI=1S/C24H6Br4F10S2/c25-5-1-3(23(27)39-5)7-9(11-13(29)17(33)21(37)18(34)14(11)30)8(4-2-6(26)40-24(4)28)10(7)12-15(31)19(35)22(38)20(36)16(12)32/h1-2,7-10H. The Morgan fingerprint density at radius 3 is 0.875 bits per heavy atom. The normalized spacial score (nSPS) is 20.8. The van der Waals surface area contributed by atoms with E-state index >= 15 is 17.6 Å². The molecule has 0 nitrogen and oxygen atoms in total. The van der Waals surface area contributed by atoms with E-state index in [0.29, 0.717) is 7.57 Å². The average Bonchev–Trinajstić information content (AvgIpc) is 3.40. The van der Waals surface area contributed by atoms with Crippen LogP contribution in [-0.4, -0.2) is 0 Å². The van der Waals surface area contributed by atoms with Crippen LogP contribution in [0.4, 0.5) is 43.9 Å². The van der Waals surface area contributed by atoms with E-state index in [4.69, 9.17) is 0 Å². The summed E-state index contributed by atoms with van der Waals surface area (Å²) < 4.78 is 148. The maximum Gasteiger partial charge on any atom is 0.200 e. The molecule has 2 aromatic carbocycles. The van der Waals surface area contributed by atoms with Gasteiger partial charge in [0.1, 0.15) is 0 Å². The lowest BCUT2D eigenvalue weighted by molar-refractivity contribution is 0.198. The van der Waals surface area contributed by atoms with Crippen molar-refractivity contribution in [3.8, 4) is 0 Å². The molecule has 0 unspecified atom stereocenters. The molecule has 2 heterocycles. The lowest BCUT2D eigenvalue weighted by Crippen LogP contribution is -2.42. The molecule has 5 rings (SSSR count). The van der Waals surface area contributed by atoms with Crippen molar-refractivity contribution in [1.29, 1.82) is 0 Å². The fourth-order valence-corrected chi connectivity index (χ4v) is 11.1. The summed E-state index contributed by atoms with van der Waals surface area (Å²) in [6, 6.07) is 2.73. The minimum atomic E-state index is -2.42. The van der Waals surface area contributed by atoms with Crippen LogP contribution in [0.2, 0.25) is 0 Å². The molecule has 0 spiro atoms. The van der Waals surface area contributed by atoms with Crippen LogP contribution >= 0.6 is 86.4 Å². The topological polar surface area (TPSA) is 0 Å². The van der Waals surface area contributed by atoms with Crippen LogP contribution in [0, 0.1) is 58.2 Å². The molecule has 1 aliphatic carbocycles. The van der Waals surface area contributed by atoms with E-state index in [0.717, 1.165) is 22.7 Å². The smallest absolute Gasteiger partial charge is 0.200 e. The van der Waals surface area contributed by atoms with Gasteiger partial charge in [0.2, 0.25) is 11.6 Å². The van der Waals surface area contributed by atoms with Crippen molar-refractivity contribution in [3.05, 3.63) is 108 Å². The molecular formula is C24H6Br4F10S2. The first-order valence-electron chi connectivity index (χ1n) is 10.6. The highest BCUT2D eigenvalue weighted by molar-refractivity contribution is 9.12. The summed E-state index contributed by atoms with van der Waals surface area (Å²) in [6.45, 7) is 0. The first-order valence-corrected chi connectivity index (χ1v) is 15.4. The Balaban J connectivity index is 1.90. The van der Waals surface area contributed by atoms with Crippen molar-refractivity contribution >= 4 is 86.4 Å². The molecule has 1 fully saturated rings. The Morgan fingerprint density at radius 2 is 0.650 bits per heavy atom. The first kappa shape index (κ1) is 30.5. The van der Waals surface area contributed by atoms with Gasteiger partial charge in [-0.1, -0.05) is 0 Å². The van der Waals surface area contributed by atoms with E-state index in [-0.39, 0.29) is 18.7 Å². The predicted molar refractivity (Wildman–Crippen MR) is 143 cm³/mol. The van der Waals surface area contributed by atoms with Gasteiger partial charge in [0.05, 0.1) is 15.1 Å². The molecule has 212 valence electrons. The zero-order valence-electron chi connectivity index (χ0n) is 18.6. The Bertz CT molecular complexity index is 1510. The summed E-state index contributed by atoms with van der Waals surface area (Å²) in [5.41, 5.74) is -2.40. The minimum absolute atomic E-state index is 0.0847. The molecule has 2 aromatic heterocycles. The average molecular weight is 868 g/mol. The molecule has 0 N–H and O–H groups in total. The number of hydrogen-bond acceptors (Lipinski definition) is 2. The third-order valence-electron chi connectivity index (χ3n) is 6.79. The Hall–Kier alpha value is -0.940. The number of hydrogen-bond donors (Lipinski definition) is 0. The van der Waals surface area contributed by atoms with E-state index in [1.54, 1.807) is 0 Å². The van der Waals surface area contributed by atoms with Crippen LogP contribution in [0.15, 0.2) is 27.3 Å². The third-order valence-corrected chi connectivity index (χ3v) is 11.6. The molecule has 0 atom stereocenters. The summed E-state index contributed by atoms with van der Waals surface area (Å²) in [6.07, 6.45) is 0. The molecule has 0 saturated heterocycles. The van der Waals surface area contributed by atoms with Crippen molar-refractivity contribution in [2.24, 2.45) is 0 Å². The molecule has 4 aromatic rings. The summed E-state index contributed by atoms with van der Waals surface area (Å²) in [5, 5.41) is 0. The number of rotatable bonds is 4. The second-order valence-electron chi connectivity index (χ2n) is 8.63. The number of halogens is 14. The fraction of sp³-hybridized carbons (Fsp3) is 0.167. The largest absolute Gasteiger partial charge is 0.203 e. The number of benzene rings is 2. The predicted octanol–water partition coefficient (Wildman–Crippen LogP) is 11.7. The maximum atomic E-state index is 15.3. The Kier molecular flexibility index (Phi) is 8.36. The molecule has 0 radical (unpaired) electrons. The summed E-state index contributed by atoms with van der Waals surface area (Å²) >= 11 is 14.9. The van der Waals surface area contributed by atoms with Crippen LogP contribution in [0.1, 0.15) is 45.9 Å². The van der Waals surface area contributed by atoms with Gasteiger partial charge in [-0.05, 0) is 87.0 Å². The third kappa shape index (κ3) is 4.54. The van der Waals surface area contributed by atoms with Gasteiger partial charge in [0.15, 0.2) is 46.5 Å². The Labute approximate surface area is 259 Å². The zero-order chi connectivity index (χ0) is 29.5. The van der Waals surface area contributed by atoms with Crippen molar-refractivity contribution in [1.82, 2.24) is 0 Å². The van der Waals surface area contributed by atoms with Crippen LogP contribution in [-0.2, 0) is 0 Å². The lowest BCUT2D eigenvalue weighted by Gasteiger charge is -2.53. The van der Waals surface area contributed by atoms with Crippen LogP contribution in [0.5, 0.6) is 0 Å². The lowest BCUT2D eigenvalue weighted by atomic mass is 9.49. The van der Waals surface area contributed by atoms with Gasteiger partial charge in [-0.3, -0.25) is 0 Å². The quantitative estimate of drug-likeness (QED) is 0.109. The van der Waals surface area contributed by atoms with Gasteiger partial charge in [-0.2, -0.15) is 0 Å². The summed E-state index contributed by atoms with van der Waals surface area (Å²) in [4.78, 5) is 0. The van der Waals surface area contributed by atoms with Gasteiger partial charge in [0, 0.05) is 34.8 Å². The molecular weight excluding hydrogens is 862 g/mol. The summed E-state index contributed by atoms with van der Waals surface area (Å²) in [7, 11) is 0. The zero-order valence-corrected chi connectivity index (χ0v) is 26.5. The van der Waals surface area contributed by atoms with E-state index in [1.165, 1.54) is 12.1 Å². The second kappa shape index (κ2) is 11.0. The molecule has 1 saturated carbocycles. The van der Waals surface area contributed by atoms with Crippen molar-refractivity contribution in [2.45, 2.75) is 23.7 Å². The van der Waals surface area contributed by atoms with Gasteiger partial charge in [-0.25, -0.2) is 43.9 Å². The monoisotopic (exact) mass is 864 g/mol. The highest BCUT2D eigenvalue weighted by Crippen LogP contribution is 2.70. The van der Waals surface area contributed by atoms with Crippen molar-refractivity contribution in [3.63, 3.8) is 0 Å². The number of thiophene rings is 2. The van der Waals surface area contributed by atoms with E-state index in [1.807, 2.05) is 0 Å². The van der Waals surface area contributed by atoms with Gasteiger partial charge in [-0.15, -0.1) is 22.7 Å². The van der Waals surface area contributed by atoms with E-state index < -0.39 is 93.0 Å². The molecule has 16 heteroatoms. The minimum Gasteiger partial charge on any atom is -0.203 e. The van der Waals surface area contributed by atoms with Crippen molar-refractivity contribution < 1.29 is 43.9 Å². The molecule has 1 aliphatic rings. The van der Waals surface area contributed by atoms with Crippen LogP contribution in [0.3, 0.4) is 0 Å². The fourth-order valence-electron chi connectivity index (χ4n) is 5.23. The van der Waals surface area contributed by atoms with E-state index in [2.05, 4.69) is 63.7 Å². The van der Waals surface area contributed by atoms with Gasteiger partial charge in [0.25, 0.3) is 0 Å². The maximum absolute atomic E-state index is 15.3. The highest BCUT2D eigenvalue weighted by atomic mass is 79.9. The Morgan fingerprint density at radius 1 is 0.400 bits per heavy atom. The molecule has 0 amide bonds. The van der Waals surface area contributed by atoms with Gasteiger partial charge < -0.3 is 0 Å². The van der Waals surface area contributed by atoms with Crippen LogP contribution < -0.4 is 0 Å².